The van der Waals surface area contributed by atoms with Crippen molar-refractivity contribution in [2.24, 2.45) is 0 Å². The Morgan fingerprint density at radius 2 is 2.11 bits per heavy atom. The summed E-state index contributed by atoms with van der Waals surface area (Å²) in [5.41, 5.74) is 2.68. The Bertz CT molecular complexity index is 444. The maximum absolute atomic E-state index is 12.0. The van der Waals surface area contributed by atoms with E-state index in [1.54, 1.807) is 7.11 Å². The number of carbonyl (C=O) groups is 1. The molecule has 0 aliphatic heterocycles. The summed E-state index contributed by atoms with van der Waals surface area (Å²) in [5.74, 6) is -0.0650. The highest BCUT2D eigenvalue weighted by Crippen LogP contribution is 2.21. The van der Waals surface area contributed by atoms with Crippen molar-refractivity contribution in [2.45, 2.75) is 19.9 Å². The lowest BCUT2D eigenvalue weighted by molar-refractivity contribution is -0.117. The maximum Gasteiger partial charge on any atom is 0.241 e. The van der Waals surface area contributed by atoms with Gasteiger partial charge in [-0.2, -0.15) is 0 Å². The van der Waals surface area contributed by atoms with Gasteiger partial charge in [-0.05, 0) is 25.5 Å². The lowest BCUT2D eigenvalue weighted by Gasteiger charge is -2.16. The molecule has 0 aliphatic carbocycles. The van der Waals surface area contributed by atoms with Gasteiger partial charge in [0.15, 0.2) is 0 Å². The number of rotatable bonds is 7. The van der Waals surface area contributed by atoms with Crippen molar-refractivity contribution >= 4 is 17.2 Å². The molecular weight excluding hydrogens is 240 g/mol. The zero-order valence-electron chi connectivity index (χ0n) is 11.8. The number of ether oxygens (including phenoxy) is 1. The first-order valence-corrected chi connectivity index (χ1v) is 6.34. The Morgan fingerprint density at radius 3 is 2.74 bits per heavy atom. The molecule has 104 valence electrons. The number of carbonyl (C=O) groups excluding carboxylic acids is 1. The van der Waals surface area contributed by atoms with Crippen molar-refractivity contribution in [1.82, 2.24) is 5.32 Å². The number of para-hydroxylation sites is 1. The van der Waals surface area contributed by atoms with Gasteiger partial charge >= 0.3 is 0 Å². The molecule has 1 unspecified atom stereocenters. The summed E-state index contributed by atoms with van der Waals surface area (Å²) in [4.78, 5) is 12.0. The molecule has 1 amide bonds. The Balaban J connectivity index is 2.64. The van der Waals surface area contributed by atoms with Crippen LogP contribution in [0.15, 0.2) is 30.8 Å². The van der Waals surface area contributed by atoms with Gasteiger partial charge in [-0.25, -0.2) is 0 Å². The highest BCUT2D eigenvalue weighted by atomic mass is 16.5. The van der Waals surface area contributed by atoms with Crippen molar-refractivity contribution in [3.05, 3.63) is 36.4 Å². The third kappa shape index (κ3) is 4.85. The number of benzene rings is 1. The van der Waals surface area contributed by atoms with Gasteiger partial charge in [0.25, 0.3) is 0 Å². The van der Waals surface area contributed by atoms with Gasteiger partial charge in [0.05, 0.1) is 12.6 Å². The predicted molar refractivity (Wildman–Crippen MR) is 79.1 cm³/mol. The smallest absolute Gasteiger partial charge is 0.241 e. The molecule has 0 heterocycles. The van der Waals surface area contributed by atoms with E-state index in [1.165, 1.54) is 0 Å². The molecule has 0 saturated carbocycles. The summed E-state index contributed by atoms with van der Waals surface area (Å²) in [5, 5.41) is 6.01. The van der Waals surface area contributed by atoms with Crippen LogP contribution in [0.2, 0.25) is 0 Å². The van der Waals surface area contributed by atoms with Crippen LogP contribution in [0.1, 0.15) is 19.4 Å². The minimum Gasteiger partial charge on any atom is -0.383 e. The quantitative estimate of drug-likeness (QED) is 0.741. The van der Waals surface area contributed by atoms with Gasteiger partial charge in [0.2, 0.25) is 5.91 Å². The zero-order chi connectivity index (χ0) is 14.3. The molecule has 0 fully saturated rings. The Morgan fingerprint density at radius 1 is 1.42 bits per heavy atom. The summed E-state index contributed by atoms with van der Waals surface area (Å²) < 4.78 is 4.94. The monoisotopic (exact) mass is 262 g/mol. The van der Waals surface area contributed by atoms with Gasteiger partial charge in [-0.3, -0.25) is 4.79 Å². The average Bonchev–Trinajstić information content (AvgIpc) is 2.39. The van der Waals surface area contributed by atoms with Crippen LogP contribution in [-0.2, 0) is 9.53 Å². The molecule has 1 aromatic rings. The van der Waals surface area contributed by atoms with E-state index in [4.69, 9.17) is 4.74 Å². The second-order valence-corrected chi connectivity index (χ2v) is 4.48. The largest absolute Gasteiger partial charge is 0.383 e. The number of hydrogen-bond donors (Lipinski definition) is 2. The van der Waals surface area contributed by atoms with E-state index >= 15 is 0 Å². The van der Waals surface area contributed by atoms with Crippen LogP contribution in [0.4, 0.5) is 5.69 Å². The third-order valence-corrected chi connectivity index (χ3v) is 2.79. The molecule has 4 nitrogen and oxygen atoms in total. The molecule has 0 radical (unpaired) electrons. The first-order chi connectivity index (χ1) is 9.06. The summed E-state index contributed by atoms with van der Waals surface area (Å²) in [6.45, 7) is 8.89. The molecule has 1 rings (SSSR count). The summed E-state index contributed by atoms with van der Waals surface area (Å²) >= 11 is 0. The number of allylic oxidation sites excluding steroid dienone is 1. The van der Waals surface area contributed by atoms with Gasteiger partial charge in [0.1, 0.15) is 0 Å². The second kappa shape index (κ2) is 7.71. The summed E-state index contributed by atoms with van der Waals surface area (Å²) in [6, 6.07) is 7.38. The van der Waals surface area contributed by atoms with Crippen LogP contribution in [0.25, 0.3) is 5.57 Å². The van der Waals surface area contributed by atoms with E-state index in [9.17, 15) is 4.79 Å². The predicted octanol–water partition coefficient (Wildman–Crippen LogP) is 2.28. The van der Waals surface area contributed by atoms with Crippen LogP contribution >= 0.6 is 0 Å². The SMILES string of the molecule is C=C(C)c1ccccc1NC(=O)C(C)NCCOC. The minimum absolute atomic E-state index is 0.0650. The molecular formula is C15H22N2O2. The molecule has 0 bridgehead atoms. The second-order valence-electron chi connectivity index (χ2n) is 4.48. The molecule has 1 atom stereocenters. The lowest BCUT2D eigenvalue weighted by atomic mass is 10.1. The standard InChI is InChI=1S/C15H22N2O2/c1-11(2)13-7-5-6-8-14(13)17-15(18)12(3)16-9-10-19-4/h5-8,12,16H,1,9-10H2,2-4H3,(H,17,18). The first kappa shape index (κ1) is 15.4. The molecule has 0 aliphatic rings. The molecule has 19 heavy (non-hydrogen) atoms. The summed E-state index contributed by atoms with van der Waals surface area (Å²) in [6.07, 6.45) is 0. The topological polar surface area (TPSA) is 50.4 Å². The first-order valence-electron chi connectivity index (χ1n) is 6.34. The lowest BCUT2D eigenvalue weighted by Crippen LogP contribution is -2.39. The fourth-order valence-electron chi connectivity index (χ4n) is 1.68. The number of anilines is 1. The zero-order valence-corrected chi connectivity index (χ0v) is 11.8. The highest BCUT2D eigenvalue weighted by Gasteiger charge is 2.13. The van der Waals surface area contributed by atoms with E-state index in [-0.39, 0.29) is 11.9 Å². The molecule has 0 aromatic heterocycles. The molecule has 0 saturated heterocycles. The van der Waals surface area contributed by atoms with E-state index in [0.717, 1.165) is 16.8 Å². The third-order valence-electron chi connectivity index (χ3n) is 2.79. The average molecular weight is 262 g/mol. The van der Waals surface area contributed by atoms with Crippen molar-refractivity contribution < 1.29 is 9.53 Å². The fourth-order valence-corrected chi connectivity index (χ4v) is 1.68. The highest BCUT2D eigenvalue weighted by molar-refractivity contribution is 5.97. The summed E-state index contributed by atoms with van der Waals surface area (Å²) in [7, 11) is 1.63. The van der Waals surface area contributed by atoms with Crippen molar-refractivity contribution in [2.75, 3.05) is 25.6 Å². The van der Waals surface area contributed by atoms with Gasteiger partial charge in [-0.15, -0.1) is 0 Å². The van der Waals surface area contributed by atoms with E-state index in [0.29, 0.717) is 13.2 Å². The van der Waals surface area contributed by atoms with Gasteiger partial charge < -0.3 is 15.4 Å². The van der Waals surface area contributed by atoms with E-state index < -0.39 is 0 Å². The number of hydrogen-bond acceptors (Lipinski definition) is 3. The molecule has 4 heteroatoms. The van der Waals surface area contributed by atoms with Crippen LogP contribution in [0.3, 0.4) is 0 Å². The van der Waals surface area contributed by atoms with Crippen molar-refractivity contribution in [3.8, 4) is 0 Å². The number of nitrogens with one attached hydrogen (secondary N) is 2. The van der Waals surface area contributed by atoms with Crippen LogP contribution < -0.4 is 10.6 Å². The van der Waals surface area contributed by atoms with E-state index in [1.807, 2.05) is 38.1 Å². The van der Waals surface area contributed by atoms with Crippen molar-refractivity contribution in [3.63, 3.8) is 0 Å². The fraction of sp³-hybridized carbons (Fsp3) is 0.400. The molecule has 0 spiro atoms. The molecule has 1 aromatic carbocycles. The van der Waals surface area contributed by atoms with E-state index in [2.05, 4.69) is 17.2 Å². The molecule has 2 N–H and O–H groups in total. The van der Waals surface area contributed by atoms with Gasteiger partial charge in [0, 0.05) is 24.9 Å². The van der Waals surface area contributed by atoms with Crippen LogP contribution in [0.5, 0.6) is 0 Å². The van der Waals surface area contributed by atoms with Gasteiger partial charge in [-0.1, -0.05) is 24.8 Å². The Labute approximate surface area is 114 Å². The Kier molecular flexibility index (Phi) is 6.25. The minimum atomic E-state index is -0.270. The van der Waals surface area contributed by atoms with Crippen LogP contribution in [0, 0.1) is 0 Å². The maximum atomic E-state index is 12.0. The van der Waals surface area contributed by atoms with Crippen LogP contribution in [-0.4, -0.2) is 32.2 Å². The number of amides is 1. The Hall–Kier alpha value is -1.65. The normalized spacial score (nSPS) is 11.9. The number of methoxy groups -OCH3 is 1. The van der Waals surface area contributed by atoms with Crippen molar-refractivity contribution in [1.29, 1.82) is 0 Å².